The highest BCUT2D eigenvalue weighted by molar-refractivity contribution is 6.17. The normalized spacial score (nSPS) is 12.5. The Morgan fingerprint density at radius 2 is 2.24 bits per heavy atom. The Morgan fingerprint density at radius 1 is 1.43 bits per heavy atom. The first-order valence-electron chi connectivity index (χ1n) is 6.71. The fraction of sp³-hybridized carbons (Fsp3) is 0.467. The van der Waals surface area contributed by atoms with Crippen LogP contribution in [0.3, 0.4) is 0 Å². The Morgan fingerprint density at radius 3 is 2.86 bits per heavy atom. The predicted octanol–water partition coefficient (Wildman–Crippen LogP) is 2.35. The van der Waals surface area contributed by atoms with E-state index < -0.39 is 0 Å². The summed E-state index contributed by atoms with van der Waals surface area (Å²) in [5, 5.41) is 9.21. The molecule has 2 aromatic rings. The number of ether oxygens (including phenoxy) is 2. The number of alkyl halides is 1. The van der Waals surface area contributed by atoms with Gasteiger partial charge >= 0.3 is 0 Å². The van der Waals surface area contributed by atoms with Gasteiger partial charge in [0, 0.05) is 26.5 Å². The van der Waals surface area contributed by atoms with E-state index in [9.17, 15) is 5.26 Å². The van der Waals surface area contributed by atoms with E-state index in [2.05, 4.69) is 15.6 Å². The summed E-state index contributed by atoms with van der Waals surface area (Å²) in [5.74, 6) is 1.34. The molecular formula is C15H18ClN3O2. The molecule has 6 heteroatoms. The van der Waals surface area contributed by atoms with Gasteiger partial charge in [-0.3, -0.25) is 0 Å². The van der Waals surface area contributed by atoms with Crippen LogP contribution < -0.4 is 0 Å². The van der Waals surface area contributed by atoms with Crippen LogP contribution in [0.15, 0.2) is 18.2 Å². The molecule has 0 aliphatic carbocycles. The van der Waals surface area contributed by atoms with Crippen LogP contribution in [0.25, 0.3) is 11.0 Å². The summed E-state index contributed by atoms with van der Waals surface area (Å²) in [6.45, 7) is 1.11. The molecule has 21 heavy (non-hydrogen) atoms. The van der Waals surface area contributed by atoms with Gasteiger partial charge in [-0.15, -0.1) is 11.6 Å². The number of imidazole rings is 1. The molecule has 1 heterocycles. The molecule has 1 atom stereocenters. The molecule has 2 rings (SSSR count). The van der Waals surface area contributed by atoms with Crippen molar-refractivity contribution >= 4 is 22.6 Å². The van der Waals surface area contributed by atoms with Crippen LogP contribution >= 0.6 is 11.6 Å². The summed E-state index contributed by atoms with van der Waals surface area (Å²) in [6, 6.07) is 7.77. The minimum absolute atomic E-state index is 0.0767. The second-order valence-corrected chi connectivity index (χ2v) is 5.05. The molecular weight excluding hydrogens is 290 g/mol. The SMILES string of the molecule is COCC(Cn1c(CCCl)nc2c(C#N)cccc21)OC. The third-order valence-corrected chi connectivity index (χ3v) is 3.56. The maximum Gasteiger partial charge on any atom is 0.111 e. The molecule has 1 unspecified atom stereocenters. The molecule has 5 nitrogen and oxygen atoms in total. The van der Waals surface area contributed by atoms with Crippen LogP contribution in [0.1, 0.15) is 11.4 Å². The van der Waals surface area contributed by atoms with Gasteiger partial charge in [0.05, 0.1) is 30.3 Å². The van der Waals surface area contributed by atoms with Crippen molar-refractivity contribution in [2.45, 2.75) is 19.1 Å². The zero-order valence-corrected chi connectivity index (χ0v) is 12.9. The van der Waals surface area contributed by atoms with Crippen LogP contribution in [0.2, 0.25) is 0 Å². The van der Waals surface area contributed by atoms with Gasteiger partial charge in [-0.05, 0) is 12.1 Å². The first kappa shape index (κ1) is 15.8. The maximum absolute atomic E-state index is 9.21. The highest BCUT2D eigenvalue weighted by Crippen LogP contribution is 2.21. The van der Waals surface area contributed by atoms with Crippen molar-refractivity contribution in [3.63, 3.8) is 0 Å². The molecule has 112 valence electrons. The van der Waals surface area contributed by atoms with Crippen LogP contribution in [-0.4, -0.2) is 42.4 Å². The van der Waals surface area contributed by atoms with Crippen molar-refractivity contribution in [1.29, 1.82) is 5.26 Å². The lowest BCUT2D eigenvalue weighted by atomic mass is 10.2. The van der Waals surface area contributed by atoms with Gasteiger partial charge in [0.15, 0.2) is 0 Å². The Bertz CT molecular complexity index is 648. The van der Waals surface area contributed by atoms with E-state index in [0.717, 1.165) is 11.3 Å². The zero-order valence-electron chi connectivity index (χ0n) is 12.2. The van der Waals surface area contributed by atoms with E-state index in [0.29, 0.717) is 36.5 Å². The first-order valence-corrected chi connectivity index (χ1v) is 7.24. The lowest BCUT2D eigenvalue weighted by molar-refractivity contribution is 0.0186. The van der Waals surface area contributed by atoms with Crippen LogP contribution in [0.4, 0.5) is 0 Å². The molecule has 0 saturated carbocycles. The average molecular weight is 308 g/mol. The van der Waals surface area contributed by atoms with Gasteiger partial charge in [-0.1, -0.05) is 6.07 Å². The van der Waals surface area contributed by atoms with E-state index in [1.54, 1.807) is 20.3 Å². The molecule has 0 aliphatic heterocycles. The number of nitrogens with zero attached hydrogens (tertiary/aromatic N) is 3. The highest BCUT2D eigenvalue weighted by Gasteiger charge is 2.17. The van der Waals surface area contributed by atoms with Gasteiger partial charge in [0.1, 0.15) is 17.4 Å². The van der Waals surface area contributed by atoms with Gasteiger partial charge in [-0.25, -0.2) is 4.98 Å². The fourth-order valence-corrected chi connectivity index (χ4v) is 2.52. The van der Waals surface area contributed by atoms with E-state index in [-0.39, 0.29) is 6.10 Å². The number of para-hydroxylation sites is 1. The quantitative estimate of drug-likeness (QED) is 0.737. The second kappa shape index (κ2) is 7.41. The van der Waals surface area contributed by atoms with Crippen molar-refractivity contribution in [1.82, 2.24) is 9.55 Å². The number of benzene rings is 1. The largest absolute Gasteiger partial charge is 0.382 e. The summed E-state index contributed by atoms with van der Waals surface area (Å²) in [7, 11) is 3.30. The number of hydrogen-bond acceptors (Lipinski definition) is 4. The van der Waals surface area contributed by atoms with E-state index in [1.165, 1.54) is 0 Å². The highest BCUT2D eigenvalue weighted by atomic mass is 35.5. The zero-order chi connectivity index (χ0) is 15.2. The van der Waals surface area contributed by atoms with Gasteiger partial charge < -0.3 is 14.0 Å². The molecule has 1 aromatic heterocycles. The summed E-state index contributed by atoms with van der Waals surface area (Å²) >= 11 is 5.87. The maximum atomic E-state index is 9.21. The summed E-state index contributed by atoms with van der Waals surface area (Å²) < 4.78 is 12.7. The van der Waals surface area contributed by atoms with Crippen molar-refractivity contribution in [2.24, 2.45) is 0 Å². The van der Waals surface area contributed by atoms with Gasteiger partial charge in [0.25, 0.3) is 0 Å². The average Bonchev–Trinajstić information content (AvgIpc) is 2.85. The third-order valence-electron chi connectivity index (χ3n) is 3.37. The van der Waals surface area contributed by atoms with Crippen molar-refractivity contribution in [3.05, 3.63) is 29.6 Å². The van der Waals surface area contributed by atoms with Gasteiger partial charge in [-0.2, -0.15) is 5.26 Å². The molecule has 0 fully saturated rings. The number of methoxy groups -OCH3 is 2. The minimum atomic E-state index is -0.0767. The van der Waals surface area contributed by atoms with E-state index in [1.807, 2.05) is 12.1 Å². The molecule has 0 aliphatic rings. The third kappa shape index (κ3) is 3.35. The van der Waals surface area contributed by atoms with Crippen LogP contribution in [0, 0.1) is 11.3 Å². The lowest BCUT2D eigenvalue weighted by Crippen LogP contribution is -2.24. The van der Waals surface area contributed by atoms with Crippen LogP contribution in [0.5, 0.6) is 0 Å². The second-order valence-electron chi connectivity index (χ2n) is 4.68. The number of rotatable bonds is 7. The first-order chi connectivity index (χ1) is 10.2. The van der Waals surface area contributed by atoms with Gasteiger partial charge in [0.2, 0.25) is 0 Å². The van der Waals surface area contributed by atoms with Crippen molar-refractivity contribution in [2.75, 3.05) is 26.7 Å². The number of aryl methyl sites for hydroxylation is 1. The Hall–Kier alpha value is -1.61. The monoisotopic (exact) mass is 307 g/mol. The number of halogens is 1. The molecule has 0 saturated heterocycles. The number of aromatic nitrogens is 2. The molecule has 0 N–H and O–H groups in total. The summed E-state index contributed by atoms with van der Waals surface area (Å²) in [4.78, 5) is 4.58. The van der Waals surface area contributed by atoms with E-state index in [4.69, 9.17) is 21.1 Å². The fourth-order valence-electron chi connectivity index (χ4n) is 2.35. The summed E-state index contributed by atoms with van der Waals surface area (Å²) in [5.41, 5.74) is 2.21. The van der Waals surface area contributed by atoms with Crippen molar-refractivity contribution < 1.29 is 9.47 Å². The van der Waals surface area contributed by atoms with Crippen LogP contribution in [-0.2, 0) is 22.4 Å². The topological polar surface area (TPSA) is 60.1 Å². The number of fused-ring (bicyclic) bond motifs is 1. The Kier molecular flexibility index (Phi) is 5.57. The smallest absolute Gasteiger partial charge is 0.111 e. The van der Waals surface area contributed by atoms with Crippen molar-refractivity contribution in [3.8, 4) is 6.07 Å². The minimum Gasteiger partial charge on any atom is -0.382 e. The molecule has 1 aromatic carbocycles. The lowest BCUT2D eigenvalue weighted by Gasteiger charge is -2.17. The Balaban J connectivity index is 2.49. The standard InChI is InChI=1S/C15H18ClN3O2/c1-20-10-12(21-2)9-19-13-5-3-4-11(8-17)15(13)18-14(19)6-7-16/h3-5,12H,6-7,9-10H2,1-2H3. The summed E-state index contributed by atoms with van der Waals surface area (Å²) in [6.07, 6.45) is 0.567. The molecule has 0 radical (unpaired) electrons. The molecule has 0 spiro atoms. The van der Waals surface area contributed by atoms with E-state index >= 15 is 0 Å². The Labute approximate surface area is 129 Å². The number of nitriles is 1. The molecule has 0 amide bonds. The predicted molar refractivity (Wildman–Crippen MR) is 81.5 cm³/mol. The molecule has 0 bridgehead atoms. The number of hydrogen-bond donors (Lipinski definition) is 0.